The third kappa shape index (κ3) is 7.43. The summed E-state index contributed by atoms with van der Waals surface area (Å²) < 4.78 is 13.1. The summed E-state index contributed by atoms with van der Waals surface area (Å²) in [5.74, 6) is 3.14. The monoisotopic (exact) mass is 675 g/mol. The summed E-state index contributed by atoms with van der Waals surface area (Å²) in [7, 11) is 0. The minimum Gasteiger partial charge on any atom is -0.392 e. The van der Waals surface area contributed by atoms with Crippen molar-refractivity contribution < 1.29 is 19.4 Å². The smallest absolute Gasteiger partial charge is 0.315 e. The largest absolute Gasteiger partial charge is 0.392 e. The van der Waals surface area contributed by atoms with Crippen LogP contribution in [0.15, 0.2) is 102 Å². The molecule has 8 heteroatoms. The van der Waals surface area contributed by atoms with E-state index in [9.17, 15) is 9.90 Å². The fraction of sp³-hybridized carbons (Fsp3) is 0.415. The van der Waals surface area contributed by atoms with Gasteiger partial charge in [0, 0.05) is 36.0 Å². The Kier molecular flexibility index (Phi) is 9.47. The number of thioether (sulfide) groups is 1. The third-order valence-electron chi connectivity index (χ3n) is 11.0. The number of hydrogen-bond acceptors (Lipinski definition) is 6. The first kappa shape index (κ1) is 32.5. The summed E-state index contributed by atoms with van der Waals surface area (Å²) in [5, 5.41) is 17.2. The molecule has 2 amide bonds. The summed E-state index contributed by atoms with van der Waals surface area (Å²) in [6.07, 6.45) is 9.35. The molecule has 1 aromatic heterocycles. The van der Waals surface area contributed by atoms with Crippen molar-refractivity contribution in [2.75, 3.05) is 5.75 Å². The van der Waals surface area contributed by atoms with Crippen molar-refractivity contribution in [1.82, 2.24) is 15.6 Å². The lowest BCUT2D eigenvalue weighted by atomic mass is 9.53. The Morgan fingerprint density at radius 3 is 2.20 bits per heavy atom. The van der Waals surface area contributed by atoms with Gasteiger partial charge in [0.25, 0.3) is 0 Å². The molecule has 1 saturated heterocycles. The first-order valence-electron chi connectivity index (χ1n) is 17.8. The van der Waals surface area contributed by atoms with E-state index < -0.39 is 6.29 Å². The van der Waals surface area contributed by atoms with Crippen molar-refractivity contribution in [1.29, 1.82) is 0 Å². The second-order valence-corrected chi connectivity index (χ2v) is 15.7. The second-order valence-electron chi connectivity index (χ2n) is 14.6. The van der Waals surface area contributed by atoms with Gasteiger partial charge in [-0.2, -0.15) is 0 Å². The number of carbonyl (C=O) groups is 1. The van der Waals surface area contributed by atoms with Gasteiger partial charge in [-0.25, -0.2) is 9.78 Å². The zero-order valence-corrected chi connectivity index (χ0v) is 28.6. The SMILES string of the molecule is O=C(NCc1ccccc1-c1ccc(C2OC(CSc3ccccn3)CC(c3ccc(CO)cc3)O2)cc1)NC12CC3CC(CC(C3)C1)C2. The van der Waals surface area contributed by atoms with Gasteiger partial charge in [-0.1, -0.05) is 78.9 Å². The van der Waals surface area contributed by atoms with Crippen LogP contribution in [0.1, 0.15) is 79.6 Å². The maximum atomic E-state index is 13.2. The normalized spacial score (nSPS) is 28.7. The summed E-state index contributed by atoms with van der Waals surface area (Å²) in [4.78, 5) is 17.7. The van der Waals surface area contributed by atoms with Crippen molar-refractivity contribution in [2.45, 2.75) is 87.2 Å². The van der Waals surface area contributed by atoms with E-state index in [-0.39, 0.29) is 30.4 Å². The van der Waals surface area contributed by atoms with Crippen molar-refractivity contribution in [3.8, 4) is 11.1 Å². The topological polar surface area (TPSA) is 92.7 Å². The molecule has 3 aromatic carbocycles. The minimum absolute atomic E-state index is 0.00450. The highest BCUT2D eigenvalue weighted by atomic mass is 32.2. The van der Waals surface area contributed by atoms with Crippen molar-refractivity contribution in [2.24, 2.45) is 17.8 Å². The Labute approximate surface area is 293 Å². The molecule has 4 saturated carbocycles. The first-order valence-corrected chi connectivity index (χ1v) is 18.8. The number of ether oxygens (including phenoxy) is 2. The van der Waals surface area contributed by atoms with E-state index in [1.807, 2.05) is 60.8 Å². The number of aliphatic hydroxyl groups excluding tert-OH is 1. The van der Waals surface area contributed by atoms with Gasteiger partial charge in [0.15, 0.2) is 6.29 Å². The summed E-state index contributed by atoms with van der Waals surface area (Å²) in [6.45, 7) is 0.485. The lowest BCUT2D eigenvalue weighted by molar-refractivity contribution is -0.245. The second kappa shape index (κ2) is 14.3. The molecular weight excluding hydrogens is 631 g/mol. The van der Waals surface area contributed by atoms with Gasteiger partial charge in [0.05, 0.1) is 23.8 Å². The molecule has 3 atom stereocenters. The van der Waals surface area contributed by atoms with Crippen LogP contribution < -0.4 is 10.6 Å². The first-order chi connectivity index (χ1) is 24.0. The van der Waals surface area contributed by atoms with Gasteiger partial charge < -0.3 is 25.2 Å². The maximum absolute atomic E-state index is 13.2. The third-order valence-corrected chi connectivity index (χ3v) is 12.1. The highest BCUT2D eigenvalue weighted by molar-refractivity contribution is 7.99. The van der Waals surface area contributed by atoms with Gasteiger partial charge in [0.2, 0.25) is 0 Å². The lowest BCUT2D eigenvalue weighted by Crippen LogP contribution is -2.61. The van der Waals surface area contributed by atoms with E-state index >= 15 is 0 Å². The average molecular weight is 676 g/mol. The molecule has 5 fully saturated rings. The van der Waals surface area contributed by atoms with E-state index in [2.05, 4.69) is 52.0 Å². The van der Waals surface area contributed by atoms with Crippen LogP contribution in [0.25, 0.3) is 11.1 Å². The number of aliphatic hydroxyl groups is 1. The molecule has 4 aromatic rings. The van der Waals surface area contributed by atoms with Gasteiger partial charge >= 0.3 is 6.03 Å². The van der Waals surface area contributed by atoms with Gasteiger partial charge in [-0.05, 0) is 96.2 Å². The van der Waals surface area contributed by atoms with Crippen molar-refractivity contribution in [3.63, 3.8) is 0 Å². The summed E-state index contributed by atoms with van der Waals surface area (Å²) in [6, 6.07) is 30.6. The summed E-state index contributed by atoms with van der Waals surface area (Å²) in [5.41, 5.74) is 6.17. The number of rotatable bonds is 10. The van der Waals surface area contributed by atoms with Crippen LogP contribution in [-0.2, 0) is 22.6 Å². The zero-order valence-electron chi connectivity index (χ0n) is 27.8. The number of hydrogen-bond donors (Lipinski definition) is 3. The number of nitrogens with one attached hydrogen (secondary N) is 2. The Morgan fingerprint density at radius 1 is 0.816 bits per heavy atom. The Bertz CT molecular complexity index is 1700. The molecule has 0 spiro atoms. The zero-order chi connectivity index (χ0) is 33.2. The molecule has 3 N–H and O–H groups in total. The molecule has 2 heterocycles. The highest BCUT2D eigenvalue weighted by Crippen LogP contribution is 2.55. The van der Waals surface area contributed by atoms with E-state index in [0.29, 0.717) is 6.54 Å². The number of benzene rings is 3. The van der Waals surface area contributed by atoms with E-state index in [4.69, 9.17) is 9.47 Å². The molecule has 9 rings (SSSR count). The number of nitrogens with zero attached hydrogens (tertiary/aromatic N) is 1. The molecule has 1 aliphatic heterocycles. The van der Waals surface area contributed by atoms with Crippen molar-refractivity contribution >= 4 is 17.8 Å². The van der Waals surface area contributed by atoms with Crippen LogP contribution in [0.3, 0.4) is 0 Å². The number of aromatic nitrogens is 1. The predicted octanol–water partition coefficient (Wildman–Crippen LogP) is 8.35. The fourth-order valence-electron chi connectivity index (χ4n) is 9.13. The van der Waals surface area contributed by atoms with Crippen molar-refractivity contribution in [3.05, 3.63) is 119 Å². The number of pyridine rings is 1. The quantitative estimate of drug-likeness (QED) is 0.146. The van der Waals surface area contributed by atoms with Gasteiger partial charge in [0.1, 0.15) is 0 Å². The highest BCUT2D eigenvalue weighted by Gasteiger charge is 2.51. The maximum Gasteiger partial charge on any atom is 0.315 e. The van der Waals surface area contributed by atoms with Gasteiger partial charge in [-0.15, -0.1) is 11.8 Å². The predicted molar refractivity (Wildman–Crippen MR) is 192 cm³/mol. The van der Waals surface area contributed by atoms with E-state index in [0.717, 1.165) is 87.6 Å². The molecular formula is C41H45N3O4S. The number of urea groups is 1. The van der Waals surface area contributed by atoms with Crippen LogP contribution in [-0.4, -0.2) is 33.5 Å². The molecule has 49 heavy (non-hydrogen) atoms. The standard InChI is InChI=1S/C41H45N3O4S/c45-25-27-8-10-32(11-9-27)37-20-35(26-49-38-7-3-4-16-42-38)47-39(48-37)33-14-12-31(13-15-33)36-6-2-1-5-34(36)24-43-40(46)44-41-21-28-17-29(22-41)19-30(18-28)23-41/h1-16,28-30,35,37,39,45H,17-26H2,(H2,43,44,46). The Hall–Kier alpha value is -3.69. The number of carbonyl (C=O) groups excluding carboxylic acids is 1. The van der Waals surface area contributed by atoms with Gasteiger partial charge in [-0.3, -0.25) is 0 Å². The van der Waals surface area contributed by atoms with Crippen LogP contribution >= 0.6 is 11.8 Å². The molecule has 4 bridgehead atoms. The van der Waals surface area contributed by atoms with E-state index in [1.165, 1.54) is 19.3 Å². The Morgan fingerprint density at radius 2 is 1.51 bits per heavy atom. The van der Waals surface area contributed by atoms with E-state index in [1.54, 1.807) is 11.8 Å². The molecule has 0 radical (unpaired) electrons. The van der Waals surface area contributed by atoms with Crippen LogP contribution in [0, 0.1) is 17.8 Å². The molecule has 3 unspecified atom stereocenters. The number of amides is 2. The van der Waals surface area contributed by atoms with Crippen LogP contribution in [0.2, 0.25) is 0 Å². The average Bonchev–Trinajstić information content (AvgIpc) is 3.13. The fourth-order valence-corrected chi connectivity index (χ4v) is 10.0. The molecule has 7 nitrogen and oxygen atoms in total. The van der Waals surface area contributed by atoms with Crippen LogP contribution in [0.5, 0.6) is 0 Å². The summed E-state index contributed by atoms with van der Waals surface area (Å²) >= 11 is 1.69. The molecule has 4 aliphatic carbocycles. The molecule has 5 aliphatic rings. The Balaban J connectivity index is 0.947. The molecule has 254 valence electrons. The lowest BCUT2D eigenvalue weighted by Gasteiger charge is -2.56. The van der Waals surface area contributed by atoms with Crippen LogP contribution in [0.4, 0.5) is 4.79 Å². The minimum atomic E-state index is -0.523.